The van der Waals surface area contributed by atoms with Crippen LogP contribution in [0.5, 0.6) is 0 Å². The molecule has 0 spiro atoms. The van der Waals surface area contributed by atoms with Crippen molar-refractivity contribution in [3.05, 3.63) is 60.2 Å². The van der Waals surface area contributed by atoms with Gasteiger partial charge in [0.1, 0.15) is 6.61 Å². The lowest BCUT2D eigenvalue weighted by Gasteiger charge is -2.34. The first-order chi connectivity index (χ1) is 12.7. The molecule has 1 heterocycles. The fraction of sp³-hybridized carbons (Fsp3) is 0.300. The van der Waals surface area contributed by atoms with E-state index < -0.39 is 0 Å². The fourth-order valence-electron chi connectivity index (χ4n) is 2.93. The van der Waals surface area contributed by atoms with Gasteiger partial charge in [0.25, 0.3) is 5.91 Å². The normalized spacial score (nSPS) is 14.2. The number of ether oxygens (including phenoxy) is 1. The highest BCUT2D eigenvalue weighted by atomic mass is 35.5. The van der Waals surface area contributed by atoms with Crippen LogP contribution in [0.1, 0.15) is 10.4 Å². The van der Waals surface area contributed by atoms with Crippen molar-refractivity contribution in [3.8, 4) is 11.1 Å². The van der Waals surface area contributed by atoms with Crippen LogP contribution in [0.3, 0.4) is 0 Å². The van der Waals surface area contributed by atoms with Crippen molar-refractivity contribution in [2.75, 3.05) is 38.7 Å². The Morgan fingerprint density at radius 2 is 1.42 bits per heavy atom. The Morgan fingerprint density at radius 1 is 0.846 bits per heavy atom. The van der Waals surface area contributed by atoms with Gasteiger partial charge in [-0.15, -0.1) is 11.6 Å². The van der Waals surface area contributed by atoms with Crippen molar-refractivity contribution in [1.82, 2.24) is 9.80 Å². The molecule has 1 aliphatic rings. The summed E-state index contributed by atoms with van der Waals surface area (Å²) in [6.45, 7) is 2.13. The van der Waals surface area contributed by atoms with E-state index in [1.54, 1.807) is 9.80 Å². The number of piperazine rings is 1. The van der Waals surface area contributed by atoms with Gasteiger partial charge in [-0.2, -0.15) is 0 Å². The summed E-state index contributed by atoms with van der Waals surface area (Å²) in [5.74, 6) is 0.266. The number of rotatable bonds is 4. The zero-order chi connectivity index (χ0) is 18.4. The summed E-state index contributed by atoms with van der Waals surface area (Å²) in [6, 6.07) is 17.7. The van der Waals surface area contributed by atoms with Gasteiger partial charge in [-0.05, 0) is 23.3 Å². The van der Waals surface area contributed by atoms with E-state index >= 15 is 0 Å². The molecular weight excluding hydrogens is 352 g/mol. The molecule has 26 heavy (non-hydrogen) atoms. The summed E-state index contributed by atoms with van der Waals surface area (Å²) in [7, 11) is 0. The van der Waals surface area contributed by atoms with Crippen LogP contribution in [0.25, 0.3) is 11.1 Å². The van der Waals surface area contributed by atoms with Crippen LogP contribution in [0.4, 0.5) is 4.79 Å². The van der Waals surface area contributed by atoms with Gasteiger partial charge in [0.15, 0.2) is 0 Å². The number of benzene rings is 2. The average molecular weight is 373 g/mol. The van der Waals surface area contributed by atoms with E-state index in [0.29, 0.717) is 31.7 Å². The van der Waals surface area contributed by atoms with Crippen molar-refractivity contribution in [2.24, 2.45) is 0 Å². The molecule has 0 unspecified atom stereocenters. The van der Waals surface area contributed by atoms with Gasteiger partial charge in [-0.3, -0.25) is 4.79 Å². The summed E-state index contributed by atoms with van der Waals surface area (Å²) in [5, 5.41) is 0. The molecular formula is C20H21ClN2O3. The van der Waals surface area contributed by atoms with E-state index in [1.165, 1.54) is 0 Å². The molecule has 0 radical (unpaired) electrons. The number of nitrogens with zero attached hydrogens (tertiary/aromatic N) is 2. The highest BCUT2D eigenvalue weighted by molar-refractivity contribution is 6.18. The molecule has 5 nitrogen and oxygen atoms in total. The number of hydrogen-bond donors (Lipinski definition) is 0. The van der Waals surface area contributed by atoms with Gasteiger partial charge in [0.2, 0.25) is 0 Å². The van der Waals surface area contributed by atoms with Gasteiger partial charge in [-0.1, -0.05) is 42.5 Å². The molecule has 6 heteroatoms. The fourth-order valence-corrected chi connectivity index (χ4v) is 3.00. The molecule has 2 amide bonds. The number of amides is 2. The Morgan fingerprint density at radius 3 is 2.04 bits per heavy atom. The van der Waals surface area contributed by atoms with Gasteiger partial charge in [0.05, 0.1) is 5.88 Å². The highest BCUT2D eigenvalue weighted by Crippen LogP contribution is 2.20. The highest BCUT2D eigenvalue weighted by Gasteiger charge is 2.25. The number of hydrogen-bond acceptors (Lipinski definition) is 3. The summed E-state index contributed by atoms with van der Waals surface area (Å²) in [5.41, 5.74) is 2.85. The minimum Gasteiger partial charge on any atom is -0.448 e. The van der Waals surface area contributed by atoms with Crippen LogP contribution < -0.4 is 0 Å². The quantitative estimate of drug-likeness (QED) is 0.772. The Balaban J connectivity index is 1.58. The predicted octanol–water partition coefficient (Wildman–Crippen LogP) is 3.49. The molecule has 2 aromatic rings. The van der Waals surface area contributed by atoms with E-state index in [2.05, 4.69) is 0 Å². The zero-order valence-electron chi connectivity index (χ0n) is 14.4. The van der Waals surface area contributed by atoms with Crippen molar-refractivity contribution in [1.29, 1.82) is 0 Å². The van der Waals surface area contributed by atoms with Crippen LogP contribution in [0.15, 0.2) is 54.6 Å². The molecule has 0 aromatic heterocycles. The van der Waals surface area contributed by atoms with E-state index in [4.69, 9.17) is 16.3 Å². The average Bonchev–Trinajstić information content (AvgIpc) is 2.72. The smallest absolute Gasteiger partial charge is 0.409 e. The molecule has 0 N–H and O–H groups in total. The lowest BCUT2D eigenvalue weighted by Crippen LogP contribution is -2.50. The lowest BCUT2D eigenvalue weighted by molar-refractivity contribution is 0.0572. The Bertz CT molecular complexity index is 741. The number of alkyl halides is 1. The molecule has 3 rings (SSSR count). The molecule has 0 saturated carbocycles. The summed E-state index contributed by atoms with van der Waals surface area (Å²) in [6.07, 6.45) is -0.370. The third-order valence-electron chi connectivity index (χ3n) is 4.37. The van der Waals surface area contributed by atoms with Gasteiger partial charge in [0, 0.05) is 31.7 Å². The first kappa shape index (κ1) is 18.3. The standard InChI is InChI=1S/C20H21ClN2O3/c21-10-15-26-20(25)23-13-11-22(12-14-23)19(24)18-8-6-17(7-9-18)16-4-2-1-3-5-16/h1-9H,10-15H2. The number of halogens is 1. The minimum atomic E-state index is -0.370. The Kier molecular flexibility index (Phi) is 6.12. The molecule has 0 bridgehead atoms. The van der Waals surface area contributed by atoms with E-state index in [1.807, 2.05) is 54.6 Å². The Labute approximate surface area is 158 Å². The SMILES string of the molecule is O=C(OCCCl)N1CCN(C(=O)c2ccc(-c3ccccc3)cc2)CC1. The van der Waals surface area contributed by atoms with Crippen molar-refractivity contribution >= 4 is 23.6 Å². The van der Waals surface area contributed by atoms with Crippen LogP contribution >= 0.6 is 11.6 Å². The first-order valence-electron chi connectivity index (χ1n) is 8.61. The van der Waals surface area contributed by atoms with Crippen LogP contribution in [0.2, 0.25) is 0 Å². The predicted molar refractivity (Wildman–Crippen MR) is 101 cm³/mol. The molecule has 1 aliphatic heterocycles. The van der Waals surface area contributed by atoms with Gasteiger partial charge < -0.3 is 14.5 Å². The van der Waals surface area contributed by atoms with E-state index in [9.17, 15) is 9.59 Å². The molecule has 0 atom stereocenters. The molecule has 2 aromatic carbocycles. The molecule has 136 valence electrons. The second-order valence-corrected chi connectivity index (χ2v) is 6.40. The zero-order valence-corrected chi connectivity index (χ0v) is 15.2. The van der Waals surface area contributed by atoms with Crippen LogP contribution in [0, 0.1) is 0 Å². The van der Waals surface area contributed by atoms with E-state index in [-0.39, 0.29) is 24.5 Å². The third kappa shape index (κ3) is 4.35. The molecule has 0 aliphatic carbocycles. The maximum absolute atomic E-state index is 12.7. The summed E-state index contributed by atoms with van der Waals surface area (Å²) >= 11 is 5.52. The number of carbonyl (C=O) groups is 2. The van der Waals surface area contributed by atoms with Crippen LogP contribution in [-0.4, -0.2) is 60.5 Å². The molecule has 1 saturated heterocycles. The van der Waals surface area contributed by atoms with Gasteiger partial charge in [-0.25, -0.2) is 4.79 Å². The monoisotopic (exact) mass is 372 g/mol. The minimum absolute atomic E-state index is 0.0154. The van der Waals surface area contributed by atoms with Gasteiger partial charge >= 0.3 is 6.09 Å². The Hall–Kier alpha value is -2.53. The summed E-state index contributed by atoms with van der Waals surface area (Å²) < 4.78 is 5.02. The first-order valence-corrected chi connectivity index (χ1v) is 9.15. The van der Waals surface area contributed by atoms with Crippen molar-refractivity contribution in [2.45, 2.75) is 0 Å². The summed E-state index contributed by atoms with van der Waals surface area (Å²) in [4.78, 5) is 27.9. The third-order valence-corrected chi connectivity index (χ3v) is 4.52. The number of carbonyl (C=O) groups excluding carboxylic acids is 2. The second kappa shape index (κ2) is 8.72. The maximum Gasteiger partial charge on any atom is 0.409 e. The topological polar surface area (TPSA) is 49.9 Å². The van der Waals surface area contributed by atoms with Crippen molar-refractivity contribution < 1.29 is 14.3 Å². The van der Waals surface area contributed by atoms with Crippen molar-refractivity contribution in [3.63, 3.8) is 0 Å². The largest absolute Gasteiger partial charge is 0.448 e. The second-order valence-electron chi connectivity index (χ2n) is 6.03. The molecule has 1 fully saturated rings. The lowest BCUT2D eigenvalue weighted by atomic mass is 10.0. The van der Waals surface area contributed by atoms with E-state index in [0.717, 1.165) is 11.1 Å². The maximum atomic E-state index is 12.7. The van der Waals surface area contributed by atoms with Crippen LogP contribution in [-0.2, 0) is 4.74 Å².